The molecule has 0 aliphatic rings. The molecular weight excluding hydrogens is 267 g/mol. The van der Waals surface area contributed by atoms with E-state index >= 15 is 0 Å². The van der Waals surface area contributed by atoms with Gasteiger partial charge in [-0.1, -0.05) is 6.07 Å². The van der Waals surface area contributed by atoms with Crippen molar-refractivity contribution in [3.63, 3.8) is 0 Å². The number of Topliss-reactive ketones (excluding diaryl/α,β-unsaturated/α-hetero) is 1. The molecule has 0 saturated carbocycles. The summed E-state index contributed by atoms with van der Waals surface area (Å²) in [4.78, 5) is 11.0. The molecule has 3 heteroatoms. The van der Waals surface area contributed by atoms with Crippen molar-refractivity contribution in [1.82, 2.24) is 0 Å². The molecule has 0 aromatic heterocycles. The van der Waals surface area contributed by atoms with E-state index in [9.17, 15) is 4.79 Å². The average molecular weight is 276 g/mol. The molecular formula is C9H9IO2. The lowest BCUT2D eigenvalue weighted by atomic mass is 10.1. The maximum Gasteiger partial charge on any atom is 0.159 e. The van der Waals surface area contributed by atoms with Gasteiger partial charge in [0.05, 0.1) is 10.7 Å². The summed E-state index contributed by atoms with van der Waals surface area (Å²) in [6, 6.07) is 5.42. The van der Waals surface area contributed by atoms with E-state index in [4.69, 9.17) is 4.74 Å². The van der Waals surface area contributed by atoms with Gasteiger partial charge < -0.3 is 4.74 Å². The highest BCUT2D eigenvalue weighted by Gasteiger charge is 2.03. The number of hydrogen-bond donors (Lipinski definition) is 0. The fourth-order valence-electron chi connectivity index (χ4n) is 0.879. The zero-order chi connectivity index (χ0) is 9.14. The van der Waals surface area contributed by atoms with Crippen LogP contribution in [0.25, 0.3) is 0 Å². The third-order valence-corrected chi connectivity index (χ3v) is 2.45. The van der Waals surface area contributed by atoms with E-state index in [0.29, 0.717) is 5.56 Å². The molecule has 0 fully saturated rings. The normalized spacial score (nSPS) is 9.58. The van der Waals surface area contributed by atoms with E-state index in [0.717, 1.165) is 9.32 Å². The number of halogens is 1. The second kappa shape index (κ2) is 3.89. The van der Waals surface area contributed by atoms with Crippen LogP contribution in [0.5, 0.6) is 5.75 Å². The first kappa shape index (κ1) is 9.51. The molecule has 1 aromatic carbocycles. The van der Waals surface area contributed by atoms with Gasteiger partial charge in [-0.05, 0) is 41.6 Å². The highest BCUT2D eigenvalue weighted by Crippen LogP contribution is 2.21. The molecule has 0 bridgehead atoms. The van der Waals surface area contributed by atoms with Crippen molar-refractivity contribution in [2.45, 2.75) is 6.92 Å². The van der Waals surface area contributed by atoms with E-state index in [-0.39, 0.29) is 5.78 Å². The zero-order valence-corrected chi connectivity index (χ0v) is 9.08. The Bertz CT molecular complexity index is 307. The van der Waals surface area contributed by atoms with Crippen LogP contribution in [0.15, 0.2) is 18.2 Å². The van der Waals surface area contributed by atoms with Gasteiger partial charge in [-0.2, -0.15) is 0 Å². The molecule has 0 heterocycles. The number of carbonyl (C=O) groups excluding carboxylic acids is 1. The van der Waals surface area contributed by atoms with Crippen LogP contribution in [-0.4, -0.2) is 12.9 Å². The van der Waals surface area contributed by atoms with Crippen molar-refractivity contribution in [3.05, 3.63) is 27.3 Å². The molecule has 0 amide bonds. The van der Waals surface area contributed by atoms with Gasteiger partial charge >= 0.3 is 0 Å². The number of hydrogen-bond acceptors (Lipinski definition) is 2. The first-order valence-electron chi connectivity index (χ1n) is 3.49. The molecule has 0 aliphatic carbocycles. The molecule has 1 rings (SSSR count). The predicted octanol–water partition coefficient (Wildman–Crippen LogP) is 2.50. The molecule has 0 N–H and O–H groups in total. The van der Waals surface area contributed by atoms with Crippen LogP contribution in [-0.2, 0) is 0 Å². The minimum atomic E-state index is 0.0599. The Morgan fingerprint density at radius 3 is 2.67 bits per heavy atom. The molecule has 0 spiro atoms. The van der Waals surface area contributed by atoms with Gasteiger partial charge in [0.1, 0.15) is 5.75 Å². The quantitative estimate of drug-likeness (QED) is 0.612. The lowest BCUT2D eigenvalue weighted by molar-refractivity contribution is 0.101. The summed E-state index contributed by atoms with van der Waals surface area (Å²) in [7, 11) is 1.60. The number of benzene rings is 1. The Labute approximate surface area is 85.1 Å². The average Bonchev–Trinajstić information content (AvgIpc) is 2.05. The molecule has 64 valence electrons. The summed E-state index contributed by atoms with van der Waals surface area (Å²) < 4.78 is 6.09. The van der Waals surface area contributed by atoms with Gasteiger partial charge in [-0.15, -0.1) is 0 Å². The van der Waals surface area contributed by atoms with Crippen LogP contribution in [0, 0.1) is 3.57 Å². The van der Waals surface area contributed by atoms with E-state index in [1.54, 1.807) is 26.2 Å². The summed E-state index contributed by atoms with van der Waals surface area (Å²) in [5.41, 5.74) is 0.687. The topological polar surface area (TPSA) is 26.3 Å². The highest BCUT2D eigenvalue weighted by molar-refractivity contribution is 14.1. The third-order valence-electron chi connectivity index (χ3n) is 1.56. The number of ether oxygens (including phenoxy) is 1. The molecule has 0 radical (unpaired) electrons. The Morgan fingerprint density at radius 2 is 2.17 bits per heavy atom. The second-order valence-electron chi connectivity index (χ2n) is 2.41. The fourth-order valence-corrected chi connectivity index (χ4v) is 1.43. The highest BCUT2D eigenvalue weighted by atomic mass is 127. The van der Waals surface area contributed by atoms with E-state index in [1.165, 1.54) is 0 Å². The maximum atomic E-state index is 11.0. The van der Waals surface area contributed by atoms with Gasteiger partial charge in [-0.3, -0.25) is 4.79 Å². The Hall–Kier alpha value is -0.580. The Kier molecular flexibility index (Phi) is 3.08. The van der Waals surface area contributed by atoms with Gasteiger partial charge in [0.15, 0.2) is 5.78 Å². The monoisotopic (exact) mass is 276 g/mol. The van der Waals surface area contributed by atoms with E-state index in [2.05, 4.69) is 22.6 Å². The van der Waals surface area contributed by atoms with Gasteiger partial charge in [0, 0.05) is 5.56 Å². The van der Waals surface area contributed by atoms with Crippen LogP contribution in [0.2, 0.25) is 0 Å². The number of carbonyl (C=O) groups is 1. The zero-order valence-electron chi connectivity index (χ0n) is 6.93. The SMILES string of the molecule is COc1cc(C(C)=O)ccc1I. The van der Waals surface area contributed by atoms with Crippen molar-refractivity contribution in [2.75, 3.05) is 7.11 Å². The number of methoxy groups -OCH3 is 1. The largest absolute Gasteiger partial charge is 0.496 e. The van der Waals surface area contributed by atoms with Crippen LogP contribution in [0.1, 0.15) is 17.3 Å². The van der Waals surface area contributed by atoms with Crippen molar-refractivity contribution in [1.29, 1.82) is 0 Å². The first-order chi connectivity index (χ1) is 5.65. The van der Waals surface area contributed by atoms with Gasteiger partial charge in [-0.25, -0.2) is 0 Å². The minimum Gasteiger partial charge on any atom is -0.496 e. The predicted molar refractivity (Wildman–Crippen MR) is 55.7 cm³/mol. The smallest absolute Gasteiger partial charge is 0.159 e. The van der Waals surface area contributed by atoms with Crippen LogP contribution >= 0.6 is 22.6 Å². The fraction of sp³-hybridized carbons (Fsp3) is 0.222. The Balaban J connectivity index is 3.13. The van der Waals surface area contributed by atoms with Crippen molar-refractivity contribution >= 4 is 28.4 Å². The van der Waals surface area contributed by atoms with E-state index < -0.39 is 0 Å². The van der Waals surface area contributed by atoms with E-state index in [1.807, 2.05) is 6.07 Å². The third kappa shape index (κ3) is 1.97. The molecule has 0 unspecified atom stereocenters. The molecule has 12 heavy (non-hydrogen) atoms. The van der Waals surface area contributed by atoms with Crippen LogP contribution in [0.4, 0.5) is 0 Å². The first-order valence-corrected chi connectivity index (χ1v) is 4.57. The molecule has 0 saturated heterocycles. The van der Waals surface area contributed by atoms with Gasteiger partial charge in [0.25, 0.3) is 0 Å². The lowest BCUT2D eigenvalue weighted by Crippen LogP contribution is -1.94. The maximum absolute atomic E-state index is 11.0. The summed E-state index contributed by atoms with van der Waals surface area (Å²) in [5.74, 6) is 0.813. The minimum absolute atomic E-state index is 0.0599. The molecule has 0 aliphatic heterocycles. The van der Waals surface area contributed by atoms with Crippen molar-refractivity contribution in [2.24, 2.45) is 0 Å². The second-order valence-corrected chi connectivity index (χ2v) is 3.57. The van der Waals surface area contributed by atoms with Gasteiger partial charge in [0.2, 0.25) is 0 Å². The standard InChI is InChI=1S/C9H9IO2/c1-6(11)7-3-4-8(10)9(5-7)12-2/h3-5H,1-2H3. The van der Waals surface area contributed by atoms with Crippen LogP contribution < -0.4 is 4.74 Å². The number of rotatable bonds is 2. The Morgan fingerprint density at radius 1 is 1.50 bits per heavy atom. The van der Waals surface area contributed by atoms with Crippen LogP contribution in [0.3, 0.4) is 0 Å². The lowest BCUT2D eigenvalue weighted by Gasteiger charge is -2.03. The molecule has 0 atom stereocenters. The summed E-state index contributed by atoms with van der Waals surface area (Å²) in [5, 5.41) is 0. The summed E-state index contributed by atoms with van der Waals surface area (Å²) in [6.07, 6.45) is 0. The number of ketones is 1. The summed E-state index contributed by atoms with van der Waals surface area (Å²) >= 11 is 2.16. The van der Waals surface area contributed by atoms with Crippen molar-refractivity contribution in [3.8, 4) is 5.75 Å². The summed E-state index contributed by atoms with van der Waals surface area (Å²) in [6.45, 7) is 1.54. The molecule has 2 nitrogen and oxygen atoms in total. The van der Waals surface area contributed by atoms with Crippen molar-refractivity contribution < 1.29 is 9.53 Å². The molecule has 1 aromatic rings.